The number of anilines is 1. The van der Waals surface area contributed by atoms with Crippen LogP contribution in [-0.2, 0) is 11.3 Å². The molecule has 1 amide bonds. The van der Waals surface area contributed by atoms with Gasteiger partial charge in [-0.3, -0.25) is 9.36 Å². The molecule has 3 rings (SSSR count). The number of rotatable bonds is 7. The first-order valence-electron chi connectivity index (χ1n) is 8.13. The number of amides is 1. The normalized spacial score (nSPS) is 10.4. The van der Waals surface area contributed by atoms with E-state index in [2.05, 4.69) is 22.1 Å². The molecule has 0 aliphatic heterocycles. The van der Waals surface area contributed by atoms with Gasteiger partial charge in [-0.15, -0.1) is 16.8 Å². The van der Waals surface area contributed by atoms with Crippen LogP contribution in [0.2, 0.25) is 0 Å². The lowest BCUT2D eigenvalue weighted by Gasteiger charge is -2.08. The van der Waals surface area contributed by atoms with Crippen molar-refractivity contribution in [2.75, 3.05) is 11.1 Å². The Hall–Kier alpha value is -3.31. The second kappa shape index (κ2) is 8.38. The van der Waals surface area contributed by atoms with E-state index in [1.165, 1.54) is 11.8 Å². The molecule has 136 valence electrons. The van der Waals surface area contributed by atoms with Crippen molar-refractivity contribution in [3.8, 4) is 17.5 Å². The minimum atomic E-state index is -0.190. The van der Waals surface area contributed by atoms with Gasteiger partial charge in [0.15, 0.2) is 11.0 Å². The van der Waals surface area contributed by atoms with Crippen molar-refractivity contribution >= 4 is 23.4 Å². The fraction of sp³-hybridized carbons (Fsp3) is 0.158. The predicted octanol–water partition coefficient (Wildman–Crippen LogP) is 3.64. The van der Waals surface area contributed by atoms with E-state index < -0.39 is 0 Å². The van der Waals surface area contributed by atoms with E-state index in [1.54, 1.807) is 36.6 Å². The van der Waals surface area contributed by atoms with Crippen LogP contribution in [0.25, 0.3) is 11.4 Å². The summed E-state index contributed by atoms with van der Waals surface area (Å²) < 4.78 is 7.23. The minimum absolute atomic E-state index is 0.163. The Labute approximate surface area is 160 Å². The molecule has 0 saturated carbocycles. The Bertz CT molecular complexity index is 1020. The molecule has 1 aromatic carbocycles. The van der Waals surface area contributed by atoms with Gasteiger partial charge in [0.25, 0.3) is 0 Å². The zero-order valence-corrected chi connectivity index (χ0v) is 15.5. The van der Waals surface area contributed by atoms with Gasteiger partial charge in [-0.05, 0) is 31.2 Å². The number of furan rings is 1. The smallest absolute Gasteiger partial charge is 0.234 e. The van der Waals surface area contributed by atoms with Crippen molar-refractivity contribution < 1.29 is 9.21 Å². The molecule has 2 heterocycles. The van der Waals surface area contributed by atoms with Gasteiger partial charge in [0.1, 0.15) is 5.76 Å². The molecule has 7 nitrogen and oxygen atoms in total. The Kier molecular flexibility index (Phi) is 5.74. The van der Waals surface area contributed by atoms with Gasteiger partial charge in [-0.25, -0.2) is 0 Å². The number of nitriles is 1. The van der Waals surface area contributed by atoms with Gasteiger partial charge in [0.05, 0.1) is 29.2 Å². The van der Waals surface area contributed by atoms with Crippen LogP contribution < -0.4 is 5.32 Å². The first kappa shape index (κ1) is 18.5. The highest BCUT2D eigenvalue weighted by molar-refractivity contribution is 7.99. The quantitative estimate of drug-likeness (QED) is 0.497. The number of aromatic nitrogens is 3. The Morgan fingerprint density at radius 1 is 1.44 bits per heavy atom. The van der Waals surface area contributed by atoms with Gasteiger partial charge in [0.2, 0.25) is 5.91 Å². The van der Waals surface area contributed by atoms with E-state index in [0.29, 0.717) is 28.8 Å². The predicted molar refractivity (Wildman–Crippen MR) is 103 cm³/mol. The van der Waals surface area contributed by atoms with Gasteiger partial charge >= 0.3 is 0 Å². The number of carbonyl (C=O) groups is 1. The molecule has 0 radical (unpaired) electrons. The Morgan fingerprint density at radius 3 is 3.00 bits per heavy atom. The summed E-state index contributed by atoms with van der Waals surface area (Å²) >= 11 is 1.28. The lowest BCUT2D eigenvalue weighted by molar-refractivity contribution is -0.113. The first-order chi connectivity index (χ1) is 13.1. The van der Waals surface area contributed by atoms with Crippen LogP contribution in [0, 0.1) is 18.3 Å². The van der Waals surface area contributed by atoms with Crippen LogP contribution in [0.4, 0.5) is 5.69 Å². The molecule has 0 bridgehead atoms. The van der Waals surface area contributed by atoms with Gasteiger partial charge in [-0.1, -0.05) is 23.9 Å². The number of aryl methyl sites for hydroxylation is 1. The monoisotopic (exact) mass is 379 g/mol. The number of thioether (sulfide) groups is 1. The molecule has 0 aliphatic rings. The molecule has 0 aliphatic carbocycles. The third-order valence-corrected chi connectivity index (χ3v) is 4.70. The average Bonchev–Trinajstić information content (AvgIpc) is 3.26. The highest BCUT2D eigenvalue weighted by atomic mass is 32.2. The largest absolute Gasteiger partial charge is 0.469 e. The SMILES string of the molecule is C=CCn1c(SCC(=O)Nc2cccc(C#N)c2)nnc1-c1ccoc1C. The van der Waals surface area contributed by atoms with Crippen molar-refractivity contribution in [1.29, 1.82) is 5.26 Å². The van der Waals surface area contributed by atoms with E-state index in [9.17, 15) is 4.79 Å². The summed E-state index contributed by atoms with van der Waals surface area (Å²) in [6.07, 6.45) is 3.35. The van der Waals surface area contributed by atoms with Gasteiger partial charge in [-0.2, -0.15) is 5.26 Å². The summed E-state index contributed by atoms with van der Waals surface area (Å²) in [5, 5.41) is 20.8. The van der Waals surface area contributed by atoms with E-state index in [1.807, 2.05) is 23.6 Å². The van der Waals surface area contributed by atoms with Crippen LogP contribution >= 0.6 is 11.8 Å². The number of hydrogen-bond donors (Lipinski definition) is 1. The molecular formula is C19H17N5O2S. The first-order valence-corrected chi connectivity index (χ1v) is 9.12. The number of carbonyl (C=O) groups excluding carboxylic acids is 1. The van der Waals surface area contributed by atoms with Crippen LogP contribution in [0.15, 0.2) is 58.8 Å². The topological polar surface area (TPSA) is 96.7 Å². The molecule has 3 aromatic rings. The van der Waals surface area contributed by atoms with Crippen molar-refractivity contribution in [3.05, 3.63) is 60.6 Å². The average molecular weight is 379 g/mol. The second-order valence-electron chi connectivity index (χ2n) is 5.63. The minimum Gasteiger partial charge on any atom is -0.469 e. The van der Waals surface area contributed by atoms with Gasteiger partial charge in [0, 0.05) is 12.2 Å². The Morgan fingerprint density at radius 2 is 2.30 bits per heavy atom. The zero-order chi connectivity index (χ0) is 19.2. The van der Waals surface area contributed by atoms with Gasteiger partial charge < -0.3 is 9.73 Å². The summed E-state index contributed by atoms with van der Waals surface area (Å²) in [5.74, 6) is 1.39. The highest BCUT2D eigenvalue weighted by Crippen LogP contribution is 2.27. The molecule has 27 heavy (non-hydrogen) atoms. The molecule has 0 unspecified atom stereocenters. The van der Waals surface area contributed by atoms with E-state index in [-0.39, 0.29) is 11.7 Å². The molecule has 0 spiro atoms. The van der Waals surface area contributed by atoms with E-state index in [4.69, 9.17) is 9.68 Å². The van der Waals surface area contributed by atoms with Crippen molar-refractivity contribution in [2.45, 2.75) is 18.6 Å². The van der Waals surface area contributed by atoms with Crippen LogP contribution in [0.1, 0.15) is 11.3 Å². The molecule has 8 heteroatoms. The third-order valence-electron chi connectivity index (χ3n) is 3.74. The fourth-order valence-electron chi connectivity index (χ4n) is 2.50. The van der Waals surface area contributed by atoms with Crippen molar-refractivity contribution in [1.82, 2.24) is 14.8 Å². The number of benzene rings is 1. The highest BCUT2D eigenvalue weighted by Gasteiger charge is 2.17. The fourth-order valence-corrected chi connectivity index (χ4v) is 3.25. The Balaban J connectivity index is 1.71. The molecule has 2 aromatic heterocycles. The van der Waals surface area contributed by atoms with E-state index >= 15 is 0 Å². The van der Waals surface area contributed by atoms with Crippen LogP contribution in [-0.4, -0.2) is 26.4 Å². The number of hydrogen-bond acceptors (Lipinski definition) is 6. The van der Waals surface area contributed by atoms with Crippen LogP contribution in [0.5, 0.6) is 0 Å². The third kappa shape index (κ3) is 4.27. The second-order valence-corrected chi connectivity index (χ2v) is 6.57. The summed E-state index contributed by atoms with van der Waals surface area (Å²) in [7, 11) is 0. The maximum absolute atomic E-state index is 12.2. The van der Waals surface area contributed by atoms with E-state index in [0.717, 1.165) is 11.3 Å². The molecule has 0 saturated heterocycles. The molecule has 0 atom stereocenters. The molecule has 1 N–H and O–H groups in total. The summed E-state index contributed by atoms with van der Waals surface area (Å²) in [5.41, 5.74) is 1.93. The maximum Gasteiger partial charge on any atom is 0.234 e. The maximum atomic E-state index is 12.2. The van der Waals surface area contributed by atoms with Crippen molar-refractivity contribution in [3.63, 3.8) is 0 Å². The van der Waals surface area contributed by atoms with Crippen molar-refractivity contribution in [2.24, 2.45) is 0 Å². The lowest BCUT2D eigenvalue weighted by Crippen LogP contribution is -2.14. The molecular weight excluding hydrogens is 362 g/mol. The van der Waals surface area contributed by atoms with Crippen LogP contribution in [0.3, 0.4) is 0 Å². The summed E-state index contributed by atoms with van der Waals surface area (Å²) in [6, 6.07) is 10.7. The zero-order valence-electron chi connectivity index (χ0n) is 14.7. The summed E-state index contributed by atoms with van der Waals surface area (Å²) in [6.45, 7) is 6.15. The lowest BCUT2D eigenvalue weighted by atomic mass is 10.2. The number of nitrogens with zero attached hydrogens (tertiary/aromatic N) is 4. The molecule has 0 fully saturated rings. The number of nitrogens with one attached hydrogen (secondary N) is 1. The summed E-state index contributed by atoms with van der Waals surface area (Å²) in [4.78, 5) is 12.2. The standard InChI is InChI=1S/C19H17N5O2S/c1-3-8-24-18(16-7-9-26-13(16)2)22-23-19(24)27-12-17(25)21-15-6-4-5-14(10-15)11-20/h3-7,9-10H,1,8,12H2,2H3,(H,21,25). The number of allylic oxidation sites excluding steroid dienone is 1.